The fourth-order valence-corrected chi connectivity index (χ4v) is 1.11. The van der Waals surface area contributed by atoms with Crippen molar-refractivity contribution < 1.29 is 5.11 Å². The molecule has 0 saturated heterocycles. The second-order valence-electron chi connectivity index (χ2n) is 3.67. The summed E-state index contributed by atoms with van der Waals surface area (Å²) in [7, 11) is 0. The van der Waals surface area contributed by atoms with Crippen LogP contribution in [0.3, 0.4) is 0 Å². The van der Waals surface area contributed by atoms with E-state index in [1.165, 1.54) is 0 Å². The van der Waals surface area contributed by atoms with Crippen LogP contribution in [0.5, 0.6) is 0 Å². The smallest absolute Gasteiger partial charge is 0.0891 e. The molecule has 0 spiro atoms. The van der Waals surface area contributed by atoms with Gasteiger partial charge in [-0.2, -0.15) is 0 Å². The van der Waals surface area contributed by atoms with E-state index in [-0.39, 0.29) is 12.1 Å². The third-order valence-electron chi connectivity index (χ3n) is 2.48. The van der Waals surface area contributed by atoms with E-state index in [9.17, 15) is 5.11 Å². The molecule has 74 valence electrons. The second-order valence-corrected chi connectivity index (χ2v) is 3.67. The number of hydrogen-bond donors (Lipinski definition) is 2. The van der Waals surface area contributed by atoms with Gasteiger partial charge in [-0.25, -0.2) is 0 Å². The summed E-state index contributed by atoms with van der Waals surface area (Å²) in [5.41, 5.74) is 0.279. The molecule has 0 aromatic heterocycles. The Morgan fingerprint density at radius 3 is 2.00 bits per heavy atom. The maximum absolute atomic E-state index is 10.1. The van der Waals surface area contributed by atoms with Crippen LogP contribution in [0.25, 0.3) is 0 Å². The van der Waals surface area contributed by atoms with Crippen LogP contribution in [0.15, 0.2) is 30.3 Å². The number of aliphatic hydroxyl groups is 1. The predicted molar refractivity (Wildman–Crippen MR) is 55.9 cm³/mol. The SMILES string of the molecule is CC(C)C(C)(O)c1ccccc1.N. The van der Waals surface area contributed by atoms with Crippen LogP contribution in [-0.2, 0) is 5.60 Å². The summed E-state index contributed by atoms with van der Waals surface area (Å²) in [6, 6.07) is 9.78. The molecule has 0 aliphatic rings. The lowest BCUT2D eigenvalue weighted by Crippen LogP contribution is -2.27. The Morgan fingerprint density at radius 2 is 1.62 bits per heavy atom. The van der Waals surface area contributed by atoms with Crippen molar-refractivity contribution in [2.24, 2.45) is 5.92 Å². The molecular weight excluding hydrogens is 162 g/mol. The maximum atomic E-state index is 10.1. The lowest BCUT2D eigenvalue weighted by molar-refractivity contribution is 0.00905. The molecule has 0 radical (unpaired) electrons. The van der Waals surface area contributed by atoms with Gasteiger partial charge >= 0.3 is 0 Å². The second kappa shape index (κ2) is 4.40. The summed E-state index contributed by atoms with van der Waals surface area (Å²) in [6.45, 7) is 5.90. The van der Waals surface area contributed by atoms with Gasteiger partial charge in [-0.15, -0.1) is 0 Å². The Labute approximate surface area is 80.2 Å². The van der Waals surface area contributed by atoms with Gasteiger partial charge in [0.05, 0.1) is 5.60 Å². The zero-order valence-corrected chi connectivity index (χ0v) is 8.62. The molecule has 0 fully saturated rings. The van der Waals surface area contributed by atoms with E-state index >= 15 is 0 Å². The van der Waals surface area contributed by atoms with Crippen LogP contribution < -0.4 is 6.15 Å². The quantitative estimate of drug-likeness (QED) is 0.737. The minimum atomic E-state index is -0.707. The largest absolute Gasteiger partial charge is 0.385 e. The Kier molecular flexibility index (Phi) is 4.11. The van der Waals surface area contributed by atoms with E-state index in [1.54, 1.807) is 0 Å². The third-order valence-corrected chi connectivity index (χ3v) is 2.48. The normalized spacial score (nSPS) is 14.8. The number of hydrogen-bond acceptors (Lipinski definition) is 2. The molecule has 2 nitrogen and oxygen atoms in total. The molecule has 1 unspecified atom stereocenters. The summed E-state index contributed by atoms with van der Waals surface area (Å²) in [6.07, 6.45) is 0. The van der Waals surface area contributed by atoms with Crippen molar-refractivity contribution in [3.63, 3.8) is 0 Å². The third kappa shape index (κ3) is 2.54. The molecule has 0 amide bonds. The summed E-state index contributed by atoms with van der Waals surface area (Å²) in [5, 5.41) is 10.1. The zero-order chi connectivity index (χ0) is 9.19. The molecular formula is C11H19NO. The summed E-state index contributed by atoms with van der Waals surface area (Å²) in [5.74, 6) is 0.236. The predicted octanol–water partition coefficient (Wildman–Crippen LogP) is 2.71. The minimum absolute atomic E-state index is 0. The van der Waals surface area contributed by atoms with Gasteiger partial charge in [0.1, 0.15) is 0 Å². The molecule has 0 aliphatic carbocycles. The van der Waals surface area contributed by atoms with Crippen LogP contribution in [-0.4, -0.2) is 5.11 Å². The molecule has 13 heavy (non-hydrogen) atoms. The van der Waals surface area contributed by atoms with Crippen molar-refractivity contribution in [3.8, 4) is 0 Å². The first-order valence-electron chi connectivity index (χ1n) is 4.33. The van der Waals surface area contributed by atoms with Gasteiger partial charge in [0, 0.05) is 0 Å². The Morgan fingerprint density at radius 1 is 1.15 bits per heavy atom. The van der Waals surface area contributed by atoms with E-state index in [0.717, 1.165) is 5.56 Å². The van der Waals surface area contributed by atoms with E-state index < -0.39 is 5.60 Å². The van der Waals surface area contributed by atoms with E-state index in [0.29, 0.717) is 0 Å². The van der Waals surface area contributed by atoms with Gasteiger partial charge < -0.3 is 11.3 Å². The van der Waals surface area contributed by atoms with Crippen LogP contribution in [0.1, 0.15) is 26.3 Å². The molecule has 2 heteroatoms. The van der Waals surface area contributed by atoms with Crippen molar-refractivity contribution in [2.75, 3.05) is 0 Å². The van der Waals surface area contributed by atoms with Crippen molar-refractivity contribution >= 4 is 0 Å². The van der Waals surface area contributed by atoms with E-state index in [1.807, 2.05) is 51.1 Å². The van der Waals surface area contributed by atoms with Gasteiger partial charge in [-0.1, -0.05) is 44.2 Å². The first kappa shape index (κ1) is 12.1. The van der Waals surface area contributed by atoms with Crippen LogP contribution in [0, 0.1) is 5.92 Å². The standard InChI is InChI=1S/C11H16O.H3N/c1-9(2)11(3,12)10-7-5-4-6-8-10;/h4-9,12H,1-3H3;1H3. The maximum Gasteiger partial charge on any atom is 0.0891 e. The van der Waals surface area contributed by atoms with Crippen molar-refractivity contribution in [1.82, 2.24) is 6.15 Å². The fraction of sp³-hybridized carbons (Fsp3) is 0.455. The monoisotopic (exact) mass is 181 g/mol. The van der Waals surface area contributed by atoms with Crippen molar-refractivity contribution in [1.29, 1.82) is 0 Å². The lowest BCUT2D eigenvalue weighted by atomic mass is 9.85. The summed E-state index contributed by atoms with van der Waals surface area (Å²) < 4.78 is 0. The molecule has 1 aromatic carbocycles. The Bertz CT molecular complexity index is 242. The van der Waals surface area contributed by atoms with E-state index in [2.05, 4.69) is 0 Å². The first-order valence-corrected chi connectivity index (χ1v) is 4.33. The highest BCUT2D eigenvalue weighted by Gasteiger charge is 2.26. The van der Waals surface area contributed by atoms with Crippen LogP contribution >= 0.6 is 0 Å². The highest BCUT2D eigenvalue weighted by atomic mass is 16.3. The van der Waals surface area contributed by atoms with Gasteiger partial charge in [0.2, 0.25) is 0 Å². The van der Waals surface area contributed by atoms with Gasteiger partial charge in [-0.05, 0) is 18.4 Å². The van der Waals surface area contributed by atoms with Gasteiger partial charge in [0.15, 0.2) is 0 Å². The molecule has 1 rings (SSSR count). The molecule has 0 saturated carbocycles. The first-order chi connectivity index (χ1) is 5.55. The lowest BCUT2D eigenvalue weighted by Gasteiger charge is -2.28. The highest BCUT2D eigenvalue weighted by Crippen LogP contribution is 2.28. The average Bonchev–Trinajstić information content (AvgIpc) is 2.06. The van der Waals surface area contributed by atoms with Crippen LogP contribution in [0.2, 0.25) is 0 Å². The minimum Gasteiger partial charge on any atom is -0.385 e. The molecule has 0 bridgehead atoms. The molecule has 1 aromatic rings. The molecule has 1 atom stereocenters. The molecule has 0 aliphatic heterocycles. The molecule has 4 N–H and O–H groups in total. The zero-order valence-electron chi connectivity index (χ0n) is 8.62. The van der Waals surface area contributed by atoms with Gasteiger partial charge in [-0.3, -0.25) is 0 Å². The van der Waals surface area contributed by atoms with Gasteiger partial charge in [0.25, 0.3) is 0 Å². The highest BCUT2D eigenvalue weighted by molar-refractivity contribution is 5.21. The Hall–Kier alpha value is -0.860. The van der Waals surface area contributed by atoms with Crippen molar-refractivity contribution in [3.05, 3.63) is 35.9 Å². The average molecular weight is 181 g/mol. The number of benzene rings is 1. The summed E-state index contributed by atoms with van der Waals surface area (Å²) >= 11 is 0. The number of rotatable bonds is 2. The van der Waals surface area contributed by atoms with Crippen LogP contribution in [0.4, 0.5) is 0 Å². The topological polar surface area (TPSA) is 55.2 Å². The van der Waals surface area contributed by atoms with Crippen molar-refractivity contribution in [2.45, 2.75) is 26.4 Å². The van der Waals surface area contributed by atoms with E-state index in [4.69, 9.17) is 0 Å². The Balaban J connectivity index is 0.00000144. The molecule has 0 heterocycles. The fourth-order valence-electron chi connectivity index (χ4n) is 1.11. The summed E-state index contributed by atoms with van der Waals surface area (Å²) in [4.78, 5) is 0.